The van der Waals surface area contributed by atoms with Crippen molar-refractivity contribution in [3.05, 3.63) is 69.8 Å². The molecule has 2 aromatic rings. The number of alkyl halides is 6. The highest BCUT2D eigenvalue weighted by molar-refractivity contribution is 5.75. The third-order valence-electron chi connectivity index (χ3n) is 6.16. The van der Waals surface area contributed by atoms with E-state index in [0.29, 0.717) is 19.0 Å². The molecule has 0 bridgehead atoms. The average molecular weight is 501 g/mol. The Hall–Kier alpha value is -2.52. The van der Waals surface area contributed by atoms with Crippen LogP contribution in [-0.2, 0) is 18.9 Å². The predicted octanol–water partition coefficient (Wildman–Crippen LogP) is 6.74. The quantitative estimate of drug-likeness (QED) is 0.427. The van der Waals surface area contributed by atoms with E-state index in [-0.39, 0.29) is 18.2 Å². The van der Waals surface area contributed by atoms with Crippen LogP contribution in [0.4, 0.5) is 26.3 Å². The van der Waals surface area contributed by atoms with E-state index in [1.807, 2.05) is 19.2 Å². The van der Waals surface area contributed by atoms with Gasteiger partial charge in [-0.15, -0.1) is 0 Å². The molecular weight excluding hydrogens is 470 g/mol. The molecule has 0 aromatic heterocycles. The molecule has 0 unspecified atom stereocenters. The number of nitrogens with one attached hydrogen (secondary N) is 1. The van der Waals surface area contributed by atoms with Crippen molar-refractivity contribution < 1.29 is 31.1 Å². The second-order valence-corrected chi connectivity index (χ2v) is 9.20. The lowest BCUT2D eigenvalue weighted by atomic mass is 9.90. The molecule has 1 N–H and O–H groups in total. The zero-order chi connectivity index (χ0) is 26.0. The second kappa shape index (κ2) is 10.6. The van der Waals surface area contributed by atoms with Crippen LogP contribution in [0.2, 0.25) is 0 Å². The molecule has 1 heterocycles. The van der Waals surface area contributed by atoms with Crippen LogP contribution in [-0.4, -0.2) is 38.7 Å². The van der Waals surface area contributed by atoms with Crippen molar-refractivity contribution in [2.45, 2.75) is 45.1 Å². The van der Waals surface area contributed by atoms with Crippen LogP contribution in [0, 0.1) is 0 Å². The lowest BCUT2D eigenvalue weighted by Crippen LogP contribution is -2.32. The average Bonchev–Trinajstić information content (AvgIpc) is 2.77. The van der Waals surface area contributed by atoms with E-state index < -0.39 is 23.5 Å². The van der Waals surface area contributed by atoms with Crippen molar-refractivity contribution in [2.75, 3.05) is 33.8 Å². The minimum absolute atomic E-state index is 0.0714. The first-order valence-corrected chi connectivity index (χ1v) is 11.4. The van der Waals surface area contributed by atoms with Gasteiger partial charge in [0, 0.05) is 31.7 Å². The highest BCUT2D eigenvalue weighted by Gasteiger charge is 2.36. The first-order chi connectivity index (χ1) is 16.3. The summed E-state index contributed by atoms with van der Waals surface area (Å²) in [6, 6.07) is 7.73. The number of halogens is 6. The Morgan fingerprint density at radius 3 is 2.11 bits per heavy atom. The number of likely N-dealkylation sites (N-methyl/N-ethyl adjacent to an activating group) is 1. The molecule has 1 aliphatic rings. The maximum absolute atomic E-state index is 13.2. The Morgan fingerprint density at radius 2 is 1.57 bits per heavy atom. The van der Waals surface area contributed by atoms with Crippen molar-refractivity contribution in [1.29, 1.82) is 0 Å². The van der Waals surface area contributed by atoms with Crippen molar-refractivity contribution in [1.82, 2.24) is 10.2 Å². The van der Waals surface area contributed by atoms with Crippen LogP contribution in [0.25, 0.3) is 5.57 Å². The Labute approximate surface area is 201 Å². The Kier molecular flexibility index (Phi) is 8.21. The second-order valence-electron chi connectivity index (χ2n) is 9.20. The number of hydrogen-bond acceptors (Lipinski definition) is 3. The SMILES string of the molecule is COc1ccc(C(C)C)cc1C1=C(CNCc2cc(C(F)(F)F)cc(C(F)(F)F)c2)CN(C)CC1. The fourth-order valence-corrected chi connectivity index (χ4v) is 4.27. The van der Waals surface area contributed by atoms with Crippen molar-refractivity contribution in [3.63, 3.8) is 0 Å². The van der Waals surface area contributed by atoms with E-state index >= 15 is 0 Å². The summed E-state index contributed by atoms with van der Waals surface area (Å²) in [6.45, 7) is 5.86. The van der Waals surface area contributed by atoms with Gasteiger partial charge in [0.2, 0.25) is 0 Å². The van der Waals surface area contributed by atoms with Gasteiger partial charge in [0.05, 0.1) is 18.2 Å². The first-order valence-electron chi connectivity index (χ1n) is 11.4. The van der Waals surface area contributed by atoms with E-state index in [0.717, 1.165) is 53.1 Å². The highest BCUT2D eigenvalue weighted by atomic mass is 19.4. The van der Waals surface area contributed by atoms with Gasteiger partial charge in [0.15, 0.2) is 0 Å². The Morgan fingerprint density at radius 1 is 0.943 bits per heavy atom. The van der Waals surface area contributed by atoms with Crippen LogP contribution < -0.4 is 10.1 Å². The number of rotatable bonds is 7. The molecule has 0 radical (unpaired) electrons. The van der Waals surface area contributed by atoms with Gasteiger partial charge in [-0.3, -0.25) is 0 Å². The lowest BCUT2D eigenvalue weighted by molar-refractivity contribution is -0.143. The largest absolute Gasteiger partial charge is 0.496 e. The van der Waals surface area contributed by atoms with E-state index in [4.69, 9.17) is 4.74 Å². The van der Waals surface area contributed by atoms with Gasteiger partial charge in [-0.05, 0) is 72.0 Å². The van der Waals surface area contributed by atoms with Gasteiger partial charge in [0.25, 0.3) is 0 Å². The van der Waals surface area contributed by atoms with Gasteiger partial charge in [-0.25, -0.2) is 0 Å². The molecule has 3 rings (SSSR count). The number of methoxy groups -OCH3 is 1. The van der Waals surface area contributed by atoms with Crippen molar-refractivity contribution in [3.8, 4) is 5.75 Å². The number of benzene rings is 2. The van der Waals surface area contributed by atoms with Gasteiger partial charge < -0.3 is 15.0 Å². The van der Waals surface area contributed by atoms with E-state index in [1.54, 1.807) is 7.11 Å². The van der Waals surface area contributed by atoms with Crippen LogP contribution in [0.5, 0.6) is 5.75 Å². The van der Waals surface area contributed by atoms with Crippen molar-refractivity contribution >= 4 is 5.57 Å². The fraction of sp³-hybridized carbons (Fsp3) is 0.462. The summed E-state index contributed by atoms with van der Waals surface area (Å²) in [5, 5.41) is 3.06. The molecule has 0 spiro atoms. The summed E-state index contributed by atoms with van der Waals surface area (Å²) in [4.78, 5) is 2.13. The molecule has 0 fully saturated rings. The zero-order valence-corrected chi connectivity index (χ0v) is 20.2. The molecule has 2 aromatic carbocycles. The molecule has 3 nitrogen and oxygen atoms in total. The van der Waals surface area contributed by atoms with Crippen molar-refractivity contribution in [2.24, 2.45) is 0 Å². The van der Waals surface area contributed by atoms with Crippen LogP contribution in [0.15, 0.2) is 42.0 Å². The normalized spacial score (nSPS) is 15.7. The maximum atomic E-state index is 13.2. The summed E-state index contributed by atoms with van der Waals surface area (Å²) in [5.41, 5.74) is 1.56. The number of nitrogens with zero attached hydrogens (tertiary/aromatic N) is 1. The summed E-state index contributed by atoms with van der Waals surface area (Å²) in [6.07, 6.45) is -8.97. The molecule has 0 saturated heterocycles. The van der Waals surface area contributed by atoms with Gasteiger partial charge >= 0.3 is 12.4 Å². The standard InChI is InChI=1S/C26H30F6N2O/c1-16(2)18-5-6-24(35-4)23(11-18)22-7-8-34(3)15-19(22)14-33-13-17-9-20(25(27,28)29)12-21(10-17)26(30,31)32/h5-6,9-12,16,33H,7-8,13-15H2,1-4H3. The molecule has 0 atom stereocenters. The topological polar surface area (TPSA) is 24.5 Å². The number of hydrogen-bond donors (Lipinski definition) is 1. The Balaban J connectivity index is 1.90. The zero-order valence-electron chi connectivity index (χ0n) is 20.2. The number of ether oxygens (including phenoxy) is 1. The van der Waals surface area contributed by atoms with E-state index in [1.165, 1.54) is 0 Å². The predicted molar refractivity (Wildman–Crippen MR) is 124 cm³/mol. The van der Waals surface area contributed by atoms with E-state index in [9.17, 15) is 26.3 Å². The van der Waals surface area contributed by atoms with E-state index in [2.05, 4.69) is 30.1 Å². The van der Waals surface area contributed by atoms with Gasteiger partial charge in [0.1, 0.15) is 5.75 Å². The molecule has 9 heteroatoms. The molecular formula is C26H30F6N2O. The third kappa shape index (κ3) is 6.79. The van der Waals surface area contributed by atoms with Gasteiger partial charge in [-0.2, -0.15) is 26.3 Å². The summed E-state index contributed by atoms with van der Waals surface area (Å²) >= 11 is 0. The lowest BCUT2D eigenvalue weighted by Gasteiger charge is -2.29. The van der Waals surface area contributed by atoms with Crippen LogP contribution >= 0.6 is 0 Å². The fourth-order valence-electron chi connectivity index (χ4n) is 4.27. The van der Waals surface area contributed by atoms with Crippen LogP contribution in [0.3, 0.4) is 0 Å². The molecule has 35 heavy (non-hydrogen) atoms. The van der Waals surface area contributed by atoms with Crippen LogP contribution in [0.1, 0.15) is 54.0 Å². The molecule has 0 aliphatic carbocycles. The maximum Gasteiger partial charge on any atom is 0.416 e. The summed E-state index contributed by atoms with van der Waals surface area (Å²) < 4.78 is 84.7. The van der Waals surface area contributed by atoms with Gasteiger partial charge in [-0.1, -0.05) is 19.9 Å². The molecule has 1 aliphatic heterocycles. The highest BCUT2D eigenvalue weighted by Crippen LogP contribution is 2.37. The minimum atomic E-state index is -4.87. The molecule has 0 saturated carbocycles. The monoisotopic (exact) mass is 500 g/mol. The summed E-state index contributed by atoms with van der Waals surface area (Å²) in [5.74, 6) is 1.05. The molecule has 0 amide bonds. The Bertz CT molecular complexity index is 1040. The minimum Gasteiger partial charge on any atom is -0.496 e. The molecule has 192 valence electrons. The smallest absolute Gasteiger partial charge is 0.416 e. The first kappa shape index (κ1) is 27.1. The summed E-state index contributed by atoms with van der Waals surface area (Å²) in [7, 11) is 3.58. The third-order valence-corrected chi connectivity index (χ3v) is 6.16.